The maximum absolute atomic E-state index is 12.8. The van der Waals surface area contributed by atoms with Gasteiger partial charge in [0.1, 0.15) is 0 Å². The van der Waals surface area contributed by atoms with E-state index >= 15 is 0 Å². The lowest BCUT2D eigenvalue weighted by Gasteiger charge is -2.18. The number of carbonyl (C=O) groups excluding carboxylic acids is 1. The van der Waals surface area contributed by atoms with Gasteiger partial charge in [0.05, 0.1) is 20.9 Å². The van der Waals surface area contributed by atoms with Crippen LogP contribution in [0.5, 0.6) is 0 Å². The second-order valence-corrected chi connectivity index (χ2v) is 7.35. The summed E-state index contributed by atoms with van der Waals surface area (Å²) >= 11 is 17.2. The summed E-state index contributed by atoms with van der Waals surface area (Å²) in [5.74, 6) is -0.179. The number of nitrogens with one attached hydrogen (secondary N) is 1. The smallest absolute Gasteiger partial charge is 0.262 e. The van der Waals surface area contributed by atoms with Crippen LogP contribution in [0.1, 0.15) is 22.8 Å². The summed E-state index contributed by atoms with van der Waals surface area (Å²) in [4.78, 5) is 29.8. The Kier molecular flexibility index (Phi) is 5.69. The Morgan fingerprint density at radius 3 is 2.59 bits per heavy atom. The maximum atomic E-state index is 12.8. The minimum Gasteiger partial charge on any atom is -0.337 e. The summed E-state index contributed by atoms with van der Waals surface area (Å²) in [5, 5.41) is 1.41. The van der Waals surface area contributed by atoms with E-state index in [-0.39, 0.29) is 11.5 Å². The molecule has 0 radical (unpaired) electrons. The Balaban J connectivity index is 1.91. The van der Waals surface area contributed by atoms with Gasteiger partial charge in [0.15, 0.2) is 4.77 Å². The van der Waals surface area contributed by atoms with Gasteiger partial charge in [-0.3, -0.25) is 14.2 Å². The summed E-state index contributed by atoms with van der Waals surface area (Å²) in [6, 6.07) is 10.2. The molecule has 0 fully saturated rings. The molecule has 0 aliphatic rings. The topological polar surface area (TPSA) is 58.1 Å². The van der Waals surface area contributed by atoms with Gasteiger partial charge in [-0.2, -0.15) is 0 Å². The van der Waals surface area contributed by atoms with Crippen molar-refractivity contribution in [2.75, 3.05) is 7.05 Å². The van der Waals surface area contributed by atoms with Gasteiger partial charge >= 0.3 is 0 Å². The molecule has 27 heavy (non-hydrogen) atoms. The standard InChI is InChI=1S/C19H17Cl2N3O2S/c1-3-24-18(26)13-6-5-12(9-16(13)22-19(24)27)17(25)23(2)10-11-4-7-14(20)15(21)8-11/h4-9H,3,10H2,1-2H3,(H,22,27). The first kappa shape index (κ1) is 19.6. The van der Waals surface area contributed by atoms with Crippen LogP contribution in [0.25, 0.3) is 10.9 Å². The van der Waals surface area contributed by atoms with Crippen LogP contribution in [0.4, 0.5) is 0 Å². The van der Waals surface area contributed by atoms with Gasteiger partial charge in [0.2, 0.25) is 0 Å². The molecule has 0 spiro atoms. The average molecular weight is 422 g/mol. The molecule has 0 bridgehead atoms. The first-order chi connectivity index (χ1) is 12.8. The highest BCUT2D eigenvalue weighted by Crippen LogP contribution is 2.23. The zero-order chi connectivity index (χ0) is 19.7. The summed E-state index contributed by atoms with van der Waals surface area (Å²) in [7, 11) is 1.70. The SMILES string of the molecule is CCn1c(=S)[nH]c2cc(C(=O)N(C)Cc3ccc(Cl)c(Cl)c3)ccc2c1=O. The normalized spacial score (nSPS) is 11.0. The molecule has 3 rings (SSSR count). The largest absolute Gasteiger partial charge is 0.337 e. The van der Waals surface area contributed by atoms with Crippen molar-refractivity contribution in [3.05, 3.63) is 72.7 Å². The summed E-state index contributed by atoms with van der Waals surface area (Å²) in [6.45, 7) is 2.71. The molecular formula is C19H17Cl2N3O2S. The Bertz CT molecular complexity index is 1150. The van der Waals surface area contributed by atoms with Crippen LogP contribution in [0.2, 0.25) is 10.0 Å². The third-order valence-corrected chi connectivity index (χ3v) is 5.36. The summed E-state index contributed by atoms with van der Waals surface area (Å²) < 4.78 is 1.82. The highest BCUT2D eigenvalue weighted by molar-refractivity contribution is 7.71. The molecule has 0 aliphatic carbocycles. The molecule has 3 aromatic rings. The number of benzene rings is 2. The highest BCUT2D eigenvalue weighted by Gasteiger charge is 2.14. The van der Waals surface area contributed by atoms with Gasteiger partial charge in [-0.25, -0.2) is 0 Å². The van der Waals surface area contributed by atoms with Gasteiger partial charge in [0.25, 0.3) is 11.5 Å². The second-order valence-electron chi connectivity index (χ2n) is 6.15. The van der Waals surface area contributed by atoms with E-state index in [1.54, 1.807) is 42.3 Å². The number of fused-ring (bicyclic) bond motifs is 1. The van der Waals surface area contributed by atoms with Crippen molar-refractivity contribution < 1.29 is 4.79 Å². The highest BCUT2D eigenvalue weighted by atomic mass is 35.5. The van der Waals surface area contributed by atoms with Crippen LogP contribution in [0.15, 0.2) is 41.2 Å². The molecule has 0 aliphatic heterocycles. The summed E-state index contributed by atoms with van der Waals surface area (Å²) in [6.07, 6.45) is 0. The monoisotopic (exact) mass is 421 g/mol. The molecule has 1 N–H and O–H groups in total. The van der Waals surface area contributed by atoms with Gasteiger partial charge in [-0.1, -0.05) is 29.3 Å². The van der Waals surface area contributed by atoms with Crippen LogP contribution in [-0.4, -0.2) is 27.4 Å². The van der Waals surface area contributed by atoms with Crippen molar-refractivity contribution >= 4 is 52.2 Å². The Morgan fingerprint density at radius 2 is 1.93 bits per heavy atom. The fourth-order valence-corrected chi connectivity index (χ4v) is 3.52. The molecule has 8 heteroatoms. The van der Waals surface area contributed by atoms with E-state index in [9.17, 15) is 9.59 Å². The van der Waals surface area contributed by atoms with E-state index in [1.165, 1.54) is 4.57 Å². The molecule has 0 unspecified atom stereocenters. The number of amides is 1. The number of aromatic nitrogens is 2. The molecule has 1 amide bonds. The van der Waals surface area contributed by atoms with E-state index in [4.69, 9.17) is 35.4 Å². The minimum atomic E-state index is -0.179. The number of aromatic amines is 1. The van der Waals surface area contributed by atoms with Crippen LogP contribution in [-0.2, 0) is 13.1 Å². The van der Waals surface area contributed by atoms with Gasteiger partial charge in [-0.15, -0.1) is 0 Å². The predicted octanol–water partition coefficient (Wildman–Crippen LogP) is 4.66. The Labute approximate surface area is 171 Å². The van der Waals surface area contributed by atoms with E-state index in [2.05, 4.69) is 4.98 Å². The third kappa shape index (κ3) is 3.93. The molecule has 1 heterocycles. The number of nitrogens with zero attached hydrogens (tertiary/aromatic N) is 2. The Morgan fingerprint density at radius 1 is 1.19 bits per heavy atom. The lowest BCUT2D eigenvalue weighted by atomic mass is 10.1. The van der Waals surface area contributed by atoms with Crippen LogP contribution < -0.4 is 5.56 Å². The molecule has 1 aromatic heterocycles. The molecule has 5 nitrogen and oxygen atoms in total. The zero-order valence-electron chi connectivity index (χ0n) is 14.8. The van der Waals surface area contributed by atoms with Crippen LogP contribution >= 0.6 is 35.4 Å². The van der Waals surface area contributed by atoms with E-state index in [0.29, 0.717) is 44.4 Å². The first-order valence-electron chi connectivity index (χ1n) is 8.28. The van der Waals surface area contributed by atoms with Crippen LogP contribution in [0.3, 0.4) is 0 Å². The molecular weight excluding hydrogens is 405 g/mol. The predicted molar refractivity (Wildman–Crippen MR) is 111 cm³/mol. The molecule has 0 atom stereocenters. The van der Waals surface area contributed by atoms with E-state index < -0.39 is 0 Å². The number of hydrogen-bond donors (Lipinski definition) is 1. The third-order valence-electron chi connectivity index (χ3n) is 4.30. The second kappa shape index (κ2) is 7.84. The van der Waals surface area contributed by atoms with E-state index in [0.717, 1.165) is 5.56 Å². The number of carbonyl (C=O) groups is 1. The number of H-pyrrole nitrogens is 1. The number of rotatable bonds is 4. The zero-order valence-corrected chi connectivity index (χ0v) is 17.1. The van der Waals surface area contributed by atoms with E-state index in [1.807, 2.05) is 13.0 Å². The lowest BCUT2D eigenvalue weighted by molar-refractivity contribution is 0.0785. The van der Waals surface area contributed by atoms with Crippen molar-refractivity contribution in [3.8, 4) is 0 Å². The van der Waals surface area contributed by atoms with Gasteiger partial charge in [-0.05, 0) is 55.0 Å². The average Bonchev–Trinajstić information content (AvgIpc) is 2.64. The van der Waals surface area contributed by atoms with Crippen molar-refractivity contribution in [1.29, 1.82) is 0 Å². The summed E-state index contributed by atoms with van der Waals surface area (Å²) in [5.41, 5.74) is 1.71. The minimum absolute atomic E-state index is 0.167. The van der Waals surface area contributed by atoms with Crippen molar-refractivity contribution in [1.82, 2.24) is 14.5 Å². The lowest BCUT2D eigenvalue weighted by Crippen LogP contribution is -2.26. The molecule has 140 valence electrons. The molecule has 0 saturated heterocycles. The molecule has 2 aromatic carbocycles. The van der Waals surface area contributed by atoms with Crippen LogP contribution in [0, 0.1) is 4.77 Å². The van der Waals surface area contributed by atoms with Crippen molar-refractivity contribution in [2.45, 2.75) is 20.0 Å². The maximum Gasteiger partial charge on any atom is 0.262 e. The van der Waals surface area contributed by atoms with Gasteiger partial charge < -0.3 is 9.88 Å². The first-order valence-corrected chi connectivity index (χ1v) is 9.44. The molecule has 0 saturated carbocycles. The van der Waals surface area contributed by atoms with Crippen molar-refractivity contribution in [2.24, 2.45) is 0 Å². The fraction of sp³-hybridized carbons (Fsp3) is 0.211. The quantitative estimate of drug-likeness (QED) is 0.623. The Hall–Kier alpha value is -2.15. The number of halogens is 2. The fourth-order valence-electron chi connectivity index (χ4n) is 2.88. The number of hydrogen-bond acceptors (Lipinski definition) is 3. The van der Waals surface area contributed by atoms with Crippen molar-refractivity contribution in [3.63, 3.8) is 0 Å². The van der Waals surface area contributed by atoms with Gasteiger partial charge in [0, 0.05) is 25.7 Å².